The van der Waals surface area contributed by atoms with E-state index in [0.29, 0.717) is 32.6 Å². The van der Waals surface area contributed by atoms with E-state index >= 15 is 0 Å². The van der Waals surface area contributed by atoms with Crippen molar-refractivity contribution in [1.82, 2.24) is 19.2 Å². The molecule has 31 heavy (non-hydrogen) atoms. The molecule has 7 heteroatoms. The topological polar surface area (TPSA) is 69.4 Å². The predicted octanol–water partition coefficient (Wildman–Crippen LogP) is 2.22. The van der Waals surface area contributed by atoms with Crippen LogP contribution in [0.4, 0.5) is 0 Å². The van der Waals surface area contributed by atoms with Crippen LogP contribution in [0, 0.1) is 0 Å². The molecule has 1 fully saturated rings. The third kappa shape index (κ3) is 3.54. The van der Waals surface area contributed by atoms with E-state index in [1.54, 1.807) is 11.7 Å². The average Bonchev–Trinajstić information content (AvgIpc) is 3.59. The van der Waals surface area contributed by atoms with Crippen molar-refractivity contribution in [3.8, 4) is 5.75 Å². The summed E-state index contributed by atoms with van der Waals surface area (Å²) >= 11 is 0. The molecule has 2 heterocycles. The van der Waals surface area contributed by atoms with Gasteiger partial charge in [-0.3, -0.25) is 9.36 Å². The van der Waals surface area contributed by atoms with Crippen LogP contribution < -0.4 is 10.4 Å². The molecule has 1 saturated carbocycles. The fraction of sp³-hybridized carbons (Fsp3) is 0.375. The van der Waals surface area contributed by atoms with Crippen molar-refractivity contribution in [1.29, 1.82) is 0 Å². The fourth-order valence-corrected chi connectivity index (χ4v) is 4.49. The lowest BCUT2D eigenvalue weighted by molar-refractivity contribution is -0.134. The highest BCUT2D eigenvalue weighted by Crippen LogP contribution is 2.50. The summed E-state index contributed by atoms with van der Waals surface area (Å²) in [5.41, 5.74) is 1.56. The van der Waals surface area contributed by atoms with E-state index in [2.05, 4.69) is 5.10 Å². The zero-order valence-electron chi connectivity index (χ0n) is 17.7. The highest BCUT2D eigenvalue weighted by atomic mass is 16.5. The van der Waals surface area contributed by atoms with Crippen LogP contribution in [-0.4, -0.2) is 45.4 Å². The van der Waals surface area contributed by atoms with Crippen LogP contribution in [0.3, 0.4) is 0 Å². The molecule has 2 aromatic carbocycles. The summed E-state index contributed by atoms with van der Waals surface area (Å²) < 4.78 is 8.50. The molecule has 0 spiro atoms. The molecule has 1 amide bonds. The molecule has 7 nitrogen and oxygen atoms in total. The normalized spacial score (nSPS) is 17.0. The van der Waals surface area contributed by atoms with Crippen LogP contribution in [0.2, 0.25) is 0 Å². The van der Waals surface area contributed by atoms with E-state index in [0.717, 1.165) is 35.5 Å². The monoisotopic (exact) mass is 418 g/mol. The summed E-state index contributed by atoms with van der Waals surface area (Å²) in [6.45, 7) is 2.05. The molecular formula is C24H26N4O3. The second kappa shape index (κ2) is 7.72. The molecule has 2 aliphatic rings. The largest absolute Gasteiger partial charge is 0.497 e. The van der Waals surface area contributed by atoms with Crippen molar-refractivity contribution in [2.45, 2.75) is 37.8 Å². The number of nitrogens with zero attached hydrogens (tertiary/aromatic N) is 4. The van der Waals surface area contributed by atoms with Gasteiger partial charge in [-0.1, -0.05) is 42.5 Å². The number of hydrogen-bond donors (Lipinski definition) is 0. The van der Waals surface area contributed by atoms with Crippen LogP contribution in [-0.2, 0) is 29.7 Å². The maximum Gasteiger partial charge on any atom is 0.346 e. The molecule has 0 N–H and O–H groups in total. The van der Waals surface area contributed by atoms with Crippen LogP contribution >= 0.6 is 0 Å². The van der Waals surface area contributed by atoms with E-state index in [-0.39, 0.29) is 11.6 Å². The minimum atomic E-state index is -0.424. The highest BCUT2D eigenvalue weighted by molar-refractivity contribution is 5.91. The van der Waals surface area contributed by atoms with Gasteiger partial charge >= 0.3 is 5.69 Å². The third-order valence-corrected chi connectivity index (χ3v) is 6.46. The lowest BCUT2D eigenvalue weighted by Crippen LogP contribution is -2.41. The Morgan fingerprint density at radius 2 is 1.77 bits per heavy atom. The van der Waals surface area contributed by atoms with E-state index in [9.17, 15) is 9.59 Å². The molecule has 0 atom stereocenters. The molecule has 1 aliphatic heterocycles. The Bertz CT molecular complexity index is 1140. The SMILES string of the molecule is COc1ccc(C2(C(=O)N3CCc4nn(Cc5ccccc5)c(=O)n4CC3)CC2)cc1. The van der Waals surface area contributed by atoms with Gasteiger partial charge in [0.1, 0.15) is 11.6 Å². The molecule has 160 valence electrons. The first-order valence-corrected chi connectivity index (χ1v) is 10.7. The molecule has 3 aromatic rings. The zero-order valence-corrected chi connectivity index (χ0v) is 17.7. The van der Waals surface area contributed by atoms with E-state index in [1.807, 2.05) is 59.5 Å². The van der Waals surface area contributed by atoms with Gasteiger partial charge in [0.15, 0.2) is 0 Å². The van der Waals surface area contributed by atoms with E-state index in [1.165, 1.54) is 4.68 Å². The standard InChI is InChI=1S/C24H26N4O3/c1-31-20-9-7-19(8-10-20)24(12-13-24)22(29)26-14-11-21-25-28(23(30)27(21)16-15-26)17-18-5-3-2-4-6-18/h2-10H,11-17H2,1H3. The van der Waals surface area contributed by atoms with Gasteiger partial charge in [-0.05, 0) is 36.1 Å². The molecule has 1 aliphatic carbocycles. The Morgan fingerprint density at radius 3 is 2.45 bits per heavy atom. The summed E-state index contributed by atoms with van der Waals surface area (Å²) in [5, 5.41) is 4.57. The van der Waals surface area contributed by atoms with Crippen molar-refractivity contribution in [2.75, 3.05) is 20.2 Å². The number of aromatic nitrogens is 3. The second-order valence-electron chi connectivity index (χ2n) is 8.35. The lowest BCUT2D eigenvalue weighted by Gasteiger charge is -2.26. The first kappa shape index (κ1) is 19.6. The minimum absolute atomic E-state index is 0.107. The molecule has 1 aromatic heterocycles. The molecule has 0 radical (unpaired) electrons. The van der Waals surface area contributed by atoms with Gasteiger partial charge in [-0.2, -0.15) is 5.10 Å². The Labute approximate surface area is 180 Å². The van der Waals surface area contributed by atoms with Crippen LogP contribution in [0.5, 0.6) is 5.75 Å². The van der Waals surface area contributed by atoms with Crippen molar-refractivity contribution in [2.24, 2.45) is 0 Å². The van der Waals surface area contributed by atoms with Gasteiger partial charge in [0.05, 0.1) is 19.1 Å². The number of ether oxygens (including phenoxy) is 1. The summed E-state index contributed by atoms with van der Waals surface area (Å²) in [5.74, 6) is 1.71. The number of carbonyl (C=O) groups is 1. The van der Waals surface area contributed by atoms with Crippen molar-refractivity contribution >= 4 is 5.91 Å². The first-order valence-electron chi connectivity index (χ1n) is 10.7. The number of benzene rings is 2. The van der Waals surface area contributed by atoms with Crippen molar-refractivity contribution in [3.05, 3.63) is 82.0 Å². The Morgan fingerprint density at radius 1 is 1.03 bits per heavy atom. The maximum atomic E-state index is 13.4. The first-order chi connectivity index (χ1) is 15.1. The van der Waals surface area contributed by atoms with Gasteiger partial charge in [0.2, 0.25) is 5.91 Å². The Balaban J connectivity index is 1.31. The van der Waals surface area contributed by atoms with Crippen LogP contribution in [0.25, 0.3) is 0 Å². The zero-order chi connectivity index (χ0) is 21.4. The van der Waals surface area contributed by atoms with Gasteiger partial charge in [0.25, 0.3) is 0 Å². The molecule has 5 rings (SSSR count). The summed E-state index contributed by atoms with van der Waals surface area (Å²) in [6, 6.07) is 17.7. The third-order valence-electron chi connectivity index (χ3n) is 6.46. The van der Waals surface area contributed by atoms with Gasteiger partial charge in [-0.15, -0.1) is 0 Å². The number of amides is 1. The highest BCUT2D eigenvalue weighted by Gasteiger charge is 2.53. The molecule has 0 saturated heterocycles. The van der Waals surface area contributed by atoms with Crippen molar-refractivity contribution < 1.29 is 9.53 Å². The minimum Gasteiger partial charge on any atom is -0.497 e. The Hall–Kier alpha value is -3.35. The number of methoxy groups -OCH3 is 1. The van der Waals surface area contributed by atoms with E-state index < -0.39 is 5.41 Å². The van der Waals surface area contributed by atoms with Gasteiger partial charge in [0, 0.05) is 26.1 Å². The Kier molecular flexibility index (Phi) is 4.88. The summed E-state index contributed by atoms with van der Waals surface area (Å²) in [6.07, 6.45) is 2.31. The maximum absolute atomic E-state index is 13.4. The molecular weight excluding hydrogens is 392 g/mol. The van der Waals surface area contributed by atoms with Crippen molar-refractivity contribution in [3.63, 3.8) is 0 Å². The fourth-order valence-electron chi connectivity index (χ4n) is 4.49. The van der Waals surface area contributed by atoms with Gasteiger partial charge < -0.3 is 9.64 Å². The van der Waals surface area contributed by atoms with Crippen LogP contribution in [0.15, 0.2) is 59.4 Å². The smallest absolute Gasteiger partial charge is 0.346 e. The number of rotatable bonds is 5. The van der Waals surface area contributed by atoms with Crippen LogP contribution in [0.1, 0.15) is 29.8 Å². The second-order valence-corrected chi connectivity index (χ2v) is 8.35. The lowest BCUT2D eigenvalue weighted by atomic mass is 9.94. The molecule has 0 unspecified atom stereocenters. The number of fused-ring (bicyclic) bond motifs is 1. The number of carbonyl (C=O) groups excluding carboxylic acids is 1. The molecule has 0 bridgehead atoms. The average molecular weight is 418 g/mol. The van der Waals surface area contributed by atoms with Gasteiger partial charge in [-0.25, -0.2) is 9.48 Å². The van der Waals surface area contributed by atoms with E-state index in [4.69, 9.17) is 4.74 Å². The summed E-state index contributed by atoms with van der Waals surface area (Å²) in [4.78, 5) is 28.2. The quantitative estimate of drug-likeness (QED) is 0.637. The predicted molar refractivity (Wildman–Crippen MR) is 116 cm³/mol. The summed E-state index contributed by atoms with van der Waals surface area (Å²) in [7, 11) is 1.64. The number of hydrogen-bond acceptors (Lipinski definition) is 4.